The van der Waals surface area contributed by atoms with E-state index in [0.717, 1.165) is 0 Å². The van der Waals surface area contributed by atoms with Gasteiger partial charge in [-0.3, -0.25) is 19.3 Å². The first-order valence-electron chi connectivity index (χ1n) is 10.3. The van der Waals surface area contributed by atoms with Gasteiger partial charge >= 0.3 is 0 Å². The third-order valence-electron chi connectivity index (χ3n) is 6.46. The molecule has 0 aromatic heterocycles. The van der Waals surface area contributed by atoms with Crippen molar-refractivity contribution < 1.29 is 34.8 Å². The maximum Gasteiger partial charge on any atom is 0.255 e. The number of hydrogen-bond donors (Lipinski definition) is 7. The van der Waals surface area contributed by atoms with Gasteiger partial charge in [0.15, 0.2) is 16.5 Å². The van der Waals surface area contributed by atoms with E-state index in [0.29, 0.717) is 12.0 Å². The Morgan fingerprint density at radius 2 is 1.74 bits per heavy atom. The Hall–Kier alpha value is -3.48. The highest BCUT2D eigenvalue weighted by atomic mass is 32.1. The number of primary amides is 1. The Bertz CT molecular complexity index is 1170. The number of carbonyl (C=O) groups is 3. The molecule has 0 heterocycles. The molecule has 1 fully saturated rings. The molecule has 3 aliphatic carbocycles. The number of Topliss-reactive ketones (excluding diaryl/α,β-unsaturated/α-hetero) is 2. The van der Waals surface area contributed by atoms with E-state index < -0.39 is 58.0 Å². The van der Waals surface area contributed by atoms with Gasteiger partial charge in [-0.2, -0.15) is 0 Å². The lowest BCUT2D eigenvalue weighted by atomic mass is 9.57. The lowest BCUT2D eigenvalue weighted by Gasteiger charge is -2.50. The Labute approximate surface area is 200 Å². The second-order valence-electron chi connectivity index (χ2n) is 8.68. The minimum absolute atomic E-state index is 0.000000000000000222. The number of ketones is 2. The van der Waals surface area contributed by atoms with Gasteiger partial charge in [0.25, 0.3) is 5.91 Å². The number of hydrogen-bond acceptors (Lipinski definition) is 9. The summed E-state index contributed by atoms with van der Waals surface area (Å²) in [4.78, 5) is 39.7. The molecule has 0 radical (unpaired) electrons. The highest BCUT2D eigenvalue weighted by Crippen LogP contribution is 2.52. The van der Waals surface area contributed by atoms with Crippen molar-refractivity contribution in [2.45, 2.75) is 24.5 Å². The van der Waals surface area contributed by atoms with Crippen LogP contribution >= 0.6 is 12.2 Å². The van der Waals surface area contributed by atoms with E-state index in [-0.39, 0.29) is 28.4 Å². The smallest absolute Gasteiger partial charge is 0.255 e. The quantitative estimate of drug-likeness (QED) is 0.200. The van der Waals surface area contributed by atoms with Crippen molar-refractivity contribution in [3.63, 3.8) is 0 Å². The van der Waals surface area contributed by atoms with Crippen LogP contribution < -0.4 is 17.2 Å². The zero-order chi connectivity index (χ0) is 25.7. The minimum Gasteiger partial charge on any atom is -0.508 e. The minimum atomic E-state index is -2.60. The molecule has 0 bridgehead atoms. The fourth-order valence-electron chi connectivity index (χ4n) is 5.18. The third kappa shape index (κ3) is 3.69. The average molecular weight is 491 g/mol. The first kappa shape index (κ1) is 25.1. The number of fused-ring (bicyclic) bond motifs is 3. The summed E-state index contributed by atoms with van der Waals surface area (Å²) in [5.41, 5.74) is 11.7. The van der Waals surface area contributed by atoms with Crippen LogP contribution in [-0.2, 0) is 20.8 Å². The van der Waals surface area contributed by atoms with Crippen molar-refractivity contribution in [3.05, 3.63) is 46.2 Å². The molecule has 1 aromatic rings. The van der Waals surface area contributed by atoms with Crippen LogP contribution in [-0.4, -0.2) is 73.7 Å². The number of thiocarbonyl (C=S) groups is 1. The molecule has 12 heteroatoms. The van der Waals surface area contributed by atoms with Crippen molar-refractivity contribution in [1.29, 1.82) is 0 Å². The highest BCUT2D eigenvalue weighted by molar-refractivity contribution is 7.80. The zero-order valence-corrected chi connectivity index (χ0v) is 19.3. The van der Waals surface area contributed by atoms with Crippen molar-refractivity contribution in [3.8, 4) is 5.75 Å². The molecule has 4 rings (SSSR count). The number of amides is 1. The summed E-state index contributed by atoms with van der Waals surface area (Å²) in [6, 6.07) is 3.62. The van der Waals surface area contributed by atoms with Gasteiger partial charge in [0.05, 0.1) is 11.6 Å². The van der Waals surface area contributed by atoms with E-state index in [2.05, 4.69) is 23.7 Å². The molecule has 0 spiro atoms. The van der Waals surface area contributed by atoms with Crippen molar-refractivity contribution >= 4 is 40.6 Å². The Morgan fingerprint density at radius 1 is 1.15 bits per heavy atom. The summed E-state index contributed by atoms with van der Waals surface area (Å²) in [7, 11) is 3.12. The molecule has 182 valence electrons. The van der Waals surface area contributed by atoms with Gasteiger partial charge in [0.1, 0.15) is 22.8 Å². The molecule has 1 aromatic carbocycles. The maximum absolute atomic E-state index is 13.5. The molecule has 1 amide bonds. The van der Waals surface area contributed by atoms with E-state index in [9.17, 15) is 34.8 Å². The molecule has 34 heavy (non-hydrogen) atoms. The molecular weight excluding hydrogens is 464 g/mol. The summed E-state index contributed by atoms with van der Waals surface area (Å²) in [5, 5.41) is 43.1. The van der Waals surface area contributed by atoms with Crippen LogP contribution in [0.1, 0.15) is 17.5 Å². The molecule has 0 saturated heterocycles. The molecule has 0 aliphatic heterocycles. The number of benzene rings is 1. The van der Waals surface area contributed by atoms with Crippen LogP contribution in [0.25, 0.3) is 5.76 Å². The fraction of sp³-hybridized carbons (Fsp3) is 0.364. The Kier molecular flexibility index (Phi) is 6.44. The van der Waals surface area contributed by atoms with E-state index in [4.69, 9.17) is 5.73 Å². The fourth-order valence-corrected chi connectivity index (χ4v) is 5.18. The topological polar surface area (TPSA) is 213 Å². The number of phenolic OH excluding ortho intramolecular Hbond substituents is 1. The number of rotatable bonds is 2. The molecule has 11 nitrogen and oxygen atoms in total. The summed E-state index contributed by atoms with van der Waals surface area (Å²) in [5.74, 6) is -6.43. The number of nitrogens with zero attached hydrogens (tertiary/aromatic N) is 1. The second kappa shape index (κ2) is 8.70. The van der Waals surface area contributed by atoms with Crippen LogP contribution in [0.4, 0.5) is 0 Å². The number of phenols is 1. The second-order valence-corrected chi connectivity index (χ2v) is 9.15. The molecule has 0 unspecified atom stereocenters. The van der Waals surface area contributed by atoms with Gasteiger partial charge in [-0.05, 0) is 56.7 Å². The van der Waals surface area contributed by atoms with Crippen LogP contribution in [0.3, 0.4) is 0 Å². The average Bonchev–Trinajstić information content (AvgIpc) is 2.70. The standard InChI is InChI=1S/C21H22N2O7.CH4N2S/c1-23(2)15-10-7-9-6-8-4-3-5-11(24)12(8)16(25)13(9)18(27)21(10,30)19(28)14(17(15)26)20(22)29;2-1(3)4/h3-5,9-10,15,24-25,28,30H,6-7H2,1-2H3,(H2,22,29);(H4,2,3,4)/t9-,10-,15-,21-;/m0./s1. The summed E-state index contributed by atoms with van der Waals surface area (Å²) >= 11 is 4.09. The molecule has 1 saturated carbocycles. The SMILES string of the molecule is CN(C)[C@@H]1C(=O)C(C(N)=O)=C(O)[C@@]2(O)C(=O)C3=C(O)c4c(O)cccc4C[C@H]3C[C@@H]12.NC(N)=S. The van der Waals surface area contributed by atoms with Gasteiger partial charge < -0.3 is 37.6 Å². The number of aromatic hydroxyl groups is 1. The highest BCUT2D eigenvalue weighted by Gasteiger charge is 2.64. The van der Waals surface area contributed by atoms with Crippen molar-refractivity contribution in [1.82, 2.24) is 4.90 Å². The third-order valence-corrected chi connectivity index (χ3v) is 6.46. The van der Waals surface area contributed by atoms with Gasteiger partial charge in [0.2, 0.25) is 5.78 Å². The van der Waals surface area contributed by atoms with Gasteiger partial charge in [0, 0.05) is 11.5 Å². The largest absolute Gasteiger partial charge is 0.508 e. The summed E-state index contributed by atoms with van der Waals surface area (Å²) in [6.45, 7) is 0. The number of nitrogens with two attached hydrogens (primary N) is 3. The van der Waals surface area contributed by atoms with Crippen LogP contribution in [0.15, 0.2) is 35.1 Å². The maximum atomic E-state index is 13.5. The van der Waals surface area contributed by atoms with Crippen LogP contribution in [0, 0.1) is 11.8 Å². The summed E-state index contributed by atoms with van der Waals surface area (Å²) < 4.78 is 0. The van der Waals surface area contributed by atoms with E-state index in [1.165, 1.54) is 11.0 Å². The molecular formula is C22H26N4O7S. The lowest BCUT2D eigenvalue weighted by molar-refractivity contribution is -0.153. The van der Waals surface area contributed by atoms with Gasteiger partial charge in [-0.1, -0.05) is 12.1 Å². The van der Waals surface area contributed by atoms with Gasteiger partial charge in [-0.15, -0.1) is 0 Å². The number of carbonyl (C=O) groups excluding carboxylic acids is 3. The molecule has 10 N–H and O–H groups in total. The number of likely N-dealkylation sites (N-methyl/N-ethyl adjacent to an activating group) is 1. The van der Waals surface area contributed by atoms with Gasteiger partial charge in [-0.25, -0.2) is 0 Å². The van der Waals surface area contributed by atoms with E-state index >= 15 is 0 Å². The summed E-state index contributed by atoms with van der Waals surface area (Å²) in [6.07, 6.45) is 0.379. The monoisotopic (exact) mass is 490 g/mol. The van der Waals surface area contributed by atoms with Crippen molar-refractivity contribution in [2.75, 3.05) is 14.1 Å². The lowest BCUT2D eigenvalue weighted by Crippen LogP contribution is -2.65. The predicted molar refractivity (Wildman–Crippen MR) is 125 cm³/mol. The number of aliphatic hydroxyl groups excluding tert-OH is 2. The van der Waals surface area contributed by atoms with Crippen molar-refractivity contribution in [2.24, 2.45) is 29.0 Å². The Balaban J connectivity index is 0.000000751. The van der Waals surface area contributed by atoms with E-state index in [1.807, 2.05) is 0 Å². The first-order chi connectivity index (χ1) is 15.7. The zero-order valence-electron chi connectivity index (χ0n) is 18.5. The number of aliphatic hydroxyl groups is 3. The molecule has 4 atom stereocenters. The molecule has 3 aliphatic rings. The van der Waals surface area contributed by atoms with Crippen LogP contribution in [0.2, 0.25) is 0 Å². The normalized spacial score (nSPS) is 27.9. The van der Waals surface area contributed by atoms with E-state index in [1.54, 1.807) is 26.2 Å². The van der Waals surface area contributed by atoms with Crippen LogP contribution in [0.5, 0.6) is 5.75 Å². The predicted octanol–water partition coefficient (Wildman–Crippen LogP) is -0.847. The first-order valence-corrected chi connectivity index (χ1v) is 10.7. The Morgan fingerprint density at radius 3 is 2.26 bits per heavy atom.